The van der Waals surface area contributed by atoms with E-state index in [1.807, 2.05) is 0 Å². The van der Waals surface area contributed by atoms with Crippen LogP contribution in [0.3, 0.4) is 0 Å². The summed E-state index contributed by atoms with van der Waals surface area (Å²) in [4.78, 5) is 18.3. The number of aromatic nitrogens is 3. The van der Waals surface area contributed by atoms with Crippen LogP contribution in [-0.2, 0) is 21.2 Å². The van der Waals surface area contributed by atoms with Gasteiger partial charge < -0.3 is 10.0 Å². The molecule has 0 unspecified atom stereocenters. The van der Waals surface area contributed by atoms with Crippen LogP contribution >= 0.6 is 11.6 Å². The largest absolute Gasteiger partial charge is 0.481 e. The first-order chi connectivity index (χ1) is 14.2. The molecule has 0 spiro atoms. The quantitative estimate of drug-likeness (QED) is 0.641. The number of aliphatic carboxylic acids is 1. The molecular formula is C20H27ClN4O4S. The van der Waals surface area contributed by atoms with Crippen LogP contribution in [0.15, 0.2) is 12.3 Å². The Kier molecular flexibility index (Phi) is 5.69. The molecule has 0 aromatic carbocycles. The molecule has 8 nitrogen and oxygen atoms in total. The lowest BCUT2D eigenvalue weighted by Gasteiger charge is -2.24. The van der Waals surface area contributed by atoms with Crippen LogP contribution in [0.1, 0.15) is 39.0 Å². The lowest BCUT2D eigenvalue weighted by molar-refractivity contribution is -0.149. The zero-order valence-corrected chi connectivity index (χ0v) is 18.6. The van der Waals surface area contributed by atoms with Crippen molar-refractivity contribution in [1.82, 2.24) is 14.8 Å². The zero-order chi connectivity index (χ0) is 21.5. The van der Waals surface area contributed by atoms with Gasteiger partial charge in [-0.05, 0) is 25.2 Å². The number of pyridine rings is 1. The molecule has 2 aromatic rings. The fraction of sp³-hybridized carbons (Fsp3) is 0.650. The van der Waals surface area contributed by atoms with Gasteiger partial charge in [0.2, 0.25) is 0 Å². The summed E-state index contributed by atoms with van der Waals surface area (Å²) in [5, 5.41) is 15.8. The molecule has 10 heteroatoms. The second-order valence-electron chi connectivity index (χ2n) is 8.60. The van der Waals surface area contributed by atoms with Crippen molar-refractivity contribution in [2.75, 3.05) is 29.5 Å². The highest BCUT2D eigenvalue weighted by Crippen LogP contribution is 2.41. The van der Waals surface area contributed by atoms with Crippen molar-refractivity contribution in [3.63, 3.8) is 0 Å². The molecule has 1 saturated carbocycles. The zero-order valence-electron chi connectivity index (χ0n) is 17.1. The number of nitrogens with zero attached hydrogens (tertiary/aromatic N) is 4. The first-order valence-corrected chi connectivity index (χ1v) is 12.6. The summed E-state index contributed by atoms with van der Waals surface area (Å²) in [6.07, 6.45) is 5.54. The second kappa shape index (κ2) is 8.00. The molecule has 4 rings (SSSR count). The van der Waals surface area contributed by atoms with E-state index in [1.165, 1.54) is 0 Å². The maximum atomic E-state index is 12.1. The maximum absolute atomic E-state index is 12.1. The summed E-state index contributed by atoms with van der Waals surface area (Å²) in [5.74, 6) is 0.349. The van der Waals surface area contributed by atoms with E-state index in [4.69, 9.17) is 16.7 Å². The van der Waals surface area contributed by atoms with Gasteiger partial charge in [0.1, 0.15) is 15.0 Å². The maximum Gasteiger partial charge on any atom is 0.311 e. The number of fused-ring (bicyclic) bond motifs is 1. The first-order valence-electron chi connectivity index (χ1n) is 10.4. The van der Waals surface area contributed by atoms with Gasteiger partial charge in [0, 0.05) is 31.1 Å². The smallest absolute Gasteiger partial charge is 0.311 e. The molecule has 3 heterocycles. The highest BCUT2D eigenvalue weighted by atomic mass is 35.5. The summed E-state index contributed by atoms with van der Waals surface area (Å²) < 4.78 is 25.8. The van der Waals surface area contributed by atoms with Crippen LogP contribution in [0.25, 0.3) is 10.9 Å². The third kappa shape index (κ3) is 4.01. The van der Waals surface area contributed by atoms with E-state index >= 15 is 0 Å². The predicted octanol–water partition coefficient (Wildman–Crippen LogP) is 2.99. The minimum absolute atomic E-state index is 0.0654. The molecule has 0 bridgehead atoms. The van der Waals surface area contributed by atoms with Crippen molar-refractivity contribution < 1.29 is 18.3 Å². The molecule has 2 aromatic heterocycles. The van der Waals surface area contributed by atoms with Crippen molar-refractivity contribution in [3.8, 4) is 0 Å². The minimum atomic E-state index is -3.03. The number of carbonyl (C=O) groups is 1. The Morgan fingerprint density at radius 2 is 2.10 bits per heavy atom. The standard InChI is InChI=1S/C20H27ClN4O4S/c1-2-30(28,29)12-14-5-8-24(11-14)18-15-10-22-17(21)9-16(15)25(23-18)13-20(19(26)27)6-3-4-7-20/h9-10,14H,2-8,11-13H2,1H3,(H,26,27)/t14-/m0/s1. The highest BCUT2D eigenvalue weighted by molar-refractivity contribution is 7.91. The van der Waals surface area contributed by atoms with E-state index < -0.39 is 21.2 Å². The molecule has 0 radical (unpaired) electrons. The van der Waals surface area contributed by atoms with Gasteiger partial charge in [-0.1, -0.05) is 31.4 Å². The van der Waals surface area contributed by atoms with Crippen molar-refractivity contribution in [2.24, 2.45) is 11.3 Å². The van der Waals surface area contributed by atoms with Crippen LogP contribution in [0.5, 0.6) is 0 Å². The molecule has 164 valence electrons. The molecule has 1 N–H and O–H groups in total. The van der Waals surface area contributed by atoms with E-state index in [0.717, 1.165) is 36.0 Å². The molecule has 1 aliphatic carbocycles. The van der Waals surface area contributed by atoms with Crippen molar-refractivity contribution >= 4 is 44.1 Å². The number of carboxylic acids is 1. The van der Waals surface area contributed by atoms with E-state index in [9.17, 15) is 18.3 Å². The molecule has 1 aliphatic heterocycles. The Balaban J connectivity index is 1.66. The third-order valence-corrected chi connectivity index (χ3v) is 8.63. The second-order valence-corrected chi connectivity index (χ2v) is 11.4. The topological polar surface area (TPSA) is 105 Å². The van der Waals surface area contributed by atoms with Crippen LogP contribution in [0.2, 0.25) is 5.15 Å². The van der Waals surface area contributed by atoms with Crippen LogP contribution < -0.4 is 4.90 Å². The number of anilines is 1. The van der Waals surface area contributed by atoms with Crippen molar-refractivity contribution in [2.45, 2.75) is 45.6 Å². The van der Waals surface area contributed by atoms with Gasteiger partial charge in [0.15, 0.2) is 5.82 Å². The van der Waals surface area contributed by atoms with Crippen molar-refractivity contribution in [3.05, 3.63) is 17.4 Å². The van der Waals surface area contributed by atoms with Gasteiger partial charge in [-0.2, -0.15) is 5.10 Å². The number of hydrogen-bond acceptors (Lipinski definition) is 6. The van der Waals surface area contributed by atoms with Gasteiger partial charge in [-0.25, -0.2) is 13.4 Å². The van der Waals surface area contributed by atoms with Crippen molar-refractivity contribution in [1.29, 1.82) is 0 Å². The number of sulfone groups is 1. The Morgan fingerprint density at radius 3 is 2.77 bits per heavy atom. The fourth-order valence-electron chi connectivity index (χ4n) is 4.80. The van der Waals surface area contributed by atoms with Gasteiger partial charge in [0.25, 0.3) is 0 Å². The average molecular weight is 455 g/mol. The first kappa shape index (κ1) is 21.4. The van der Waals surface area contributed by atoms with E-state index in [1.54, 1.807) is 23.9 Å². The monoisotopic (exact) mass is 454 g/mol. The van der Waals surface area contributed by atoms with Gasteiger partial charge in [0.05, 0.1) is 28.6 Å². The summed E-state index contributed by atoms with van der Waals surface area (Å²) in [6, 6.07) is 1.73. The molecule has 1 saturated heterocycles. The van der Waals surface area contributed by atoms with E-state index in [0.29, 0.717) is 37.6 Å². The number of carboxylic acid groups (broad SMARTS) is 1. The van der Waals surface area contributed by atoms with Crippen LogP contribution in [-0.4, -0.2) is 58.9 Å². The lowest BCUT2D eigenvalue weighted by atomic mass is 9.86. The molecule has 2 fully saturated rings. The molecule has 30 heavy (non-hydrogen) atoms. The fourth-order valence-corrected chi connectivity index (χ4v) is 6.18. The predicted molar refractivity (Wildman–Crippen MR) is 116 cm³/mol. The SMILES string of the molecule is CCS(=O)(=O)C[C@H]1CCN(c2nn(CC3(C(=O)O)CCCC3)c3cc(Cl)ncc23)C1. The molecule has 0 amide bonds. The summed E-state index contributed by atoms with van der Waals surface area (Å²) in [6.45, 7) is 3.29. The Labute approximate surface area is 181 Å². The average Bonchev–Trinajstić information content (AvgIpc) is 3.42. The Hall–Kier alpha value is -1.87. The molecular weight excluding hydrogens is 428 g/mol. The van der Waals surface area contributed by atoms with Crippen LogP contribution in [0, 0.1) is 11.3 Å². The molecule has 2 aliphatic rings. The van der Waals surface area contributed by atoms with Gasteiger partial charge >= 0.3 is 5.97 Å². The third-order valence-electron chi connectivity index (χ3n) is 6.56. The van der Waals surface area contributed by atoms with Crippen LogP contribution in [0.4, 0.5) is 5.82 Å². The van der Waals surface area contributed by atoms with Gasteiger partial charge in [-0.3, -0.25) is 9.48 Å². The highest BCUT2D eigenvalue weighted by Gasteiger charge is 2.42. The Bertz CT molecular complexity index is 1060. The lowest BCUT2D eigenvalue weighted by Crippen LogP contribution is -2.33. The molecule has 1 atom stereocenters. The number of halogens is 1. The van der Waals surface area contributed by atoms with E-state index in [2.05, 4.69) is 9.88 Å². The summed E-state index contributed by atoms with van der Waals surface area (Å²) >= 11 is 6.14. The summed E-state index contributed by atoms with van der Waals surface area (Å²) in [7, 11) is -3.03. The number of rotatable bonds is 7. The van der Waals surface area contributed by atoms with Gasteiger partial charge in [-0.15, -0.1) is 0 Å². The number of hydrogen-bond donors (Lipinski definition) is 1. The van der Waals surface area contributed by atoms with E-state index in [-0.39, 0.29) is 17.4 Å². The normalized spacial score (nSPS) is 21.5. The summed E-state index contributed by atoms with van der Waals surface area (Å²) in [5.41, 5.74) is -0.0449. The Morgan fingerprint density at radius 1 is 1.37 bits per heavy atom. The minimum Gasteiger partial charge on any atom is -0.481 e.